The predicted octanol–water partition coefficient (Wildman–Crippen LogP) is 6.48. The van der Waals surface area contributed by atoms with Crippen LogP contribution < -0.4 is 15.4 Å². The number of phenolic OH excluding ortho intramolecular Hbond substituents is 1. The van der Waals surface area contributed by atoms with E-state index in [0.717, 1.165) is 56.3 Å². The number of β-amino-alcohol motifs (C(OH)–C–C–N with tert-alkyl or cyclic N) is 1. The summed E-state index contributed by atoms with van der Waals surface area (Å²) in [5, 5.41) is 23.6. The molecule has 2 aromatic carbocycles. The van der Waals surface area contributed by atoms with Crippen molar-refractivity contribution in [3.05, 3.63) is 53.1 Å². The number of pyridine rings is 1. The van der Waals surface area contributed by atoms with Gasteiger partial charge in [0, 0.05) is 24.2 Å². The zero-order chi connectivity index (χ0) is 33.3. The molecule has 0 amide bonds. The van der Waals surface area contributed by atoms with Crippen molar-refractivity contribution in [3.8, 4) is 23.0 Å². The molecule has 3 saturated heterocycles. The van der Waals surface area contributed by atoms with E-state index in [-0.39, 0.29) is 23.1 Å². The molecule has 9 nitrogen and oxygen atoms in total. The van der Waals surface area contributed by atoms with E-state index in [2.05, 4.69) is 9.80 Å². The summed E-state index contributed by atoms with van der Waals surface area (Å²) in [5.41, 5.74) is 9.70. The lowest BCUT2D eigenvalue weighted by Gasteiger charge is -2.33. The summed E-state index contributed by atoms with van der Waals surface area (Å²) in [6, 6.07) is 6.71. The highest BCUT2D eigenvalue weighted by Gasteiger charge is 2.45. The van der Waals surface area contributed by atoms with Gasteiger partial charge in [0.15, 0.2) is 0 Å². The smallest absolute Gasteiger partial charge is 0.319 e. The fourth-order valence-electron chi connectivity index (χ4n) is 7.92. The Balaban J connectivity index is 0.00000190. The number of aryl methyl sites for hydroxylation is 2. The highest BCUT2D eigenvalue weighted by molar-refractivity contribution is 6.05. The van der Waals surface area contributed by atoms with Crippen molar-refractivity contribution in [1.29, 1.82) is 0 Å². The molecular formula is C37H47FN6O3. The maximum Gasteiger partial charge on any atom is 0.319 e. The van der Waals surface area contributed by atoms with Crippen LogP contribution in [0.1, 0.15) is 76.1 Å². The van der Waals surface area contributed by atoms with Crippen molar-refractivity contribution in [2.45, 2.75) is 84.3 Å². The normalized spacial score (nSPS) is 19.4. The molecule has 2 aromatic heterocycles. The van der Waals surface area contributed by atoms with Crippen LogP contribution in [0, 0.1) is 12.7 Å². The topological polar surface area (TPSA) is 121 Å². The number of hydrogen-bond acceptors (Lipinski definition) is 9. The maximum absolute atomic E-state index is 15.1. The molecule has 3 aliphatic heterocycles. The van der Waals surface area contributed by atoms with E-state index in [1.54, 1.807) is 24.3 Å². The Morgan fingerprint density at radius 2 is 1.83 bits per heavy atom. The van der Waals surface area contributed by atoms with Crippen molar-refractivity contribution in [2.24, 2.45) is 5.73 Å². The monoisotopic (exact) mass is 642 g/mol. The van der Waals surface area contributed by atoms with Crippen LogP contribution in [-0.4, -0.2) is 74.5 Å². The first-order chi connectivity index (χ1) is 22.8. The first-order valence-corrected chi connectivity index (χ1v) is 17.2. The average Bonchev–Trinajstić information content (AvgIpc) is 3.66. The van der Waals surface area contributed by atoms with Gasteiger partial charge in [0.1, 0.15) is 24.0 Å². The van der Waals surface area contributed by atoms with Gasteiger partial charge in [-0.05, 0) is 112 Å². The van der Waals surface area contributed by atoms with Crippen LogP contribution in [0.25, 0.3) is 39.0 Å². The molecule has 0 saturated carbocycles. The Bertz CT molecular complexity index is 1800. The number of ether oxygens (including phenoxy) is 1. The molecule has 5 heterocycles. The Labute approximate surface area is 276 Å². The number of aliphatic hydroxyl groups is 1. The maximum atomic E-state index is 15.1. The number of aliphatic hydroxyl groups excluding tert-OH is 1. The van der Waals surface area contributed by atoms with Crippen molar-refractivity contribution in [2.75, 3.05) is 37.7 Å². The van der Waals surface area contributed by atoms with Gasteiger partial charge in [-0.1, -0.05) is 26.8 Å². The second-order valence-corrected chi connectivity index (χ2v) is 12.8. The van der Waals surface area contributed by atoms with Crippen LogP contribution in [0.15, 0.2) is 30.5 Å². The van der Waals surface area contributed by atoms with E-state index in [1.165, 1.54) is 25.1 Å². The highest BCUT2D eigenvalue weighted by atomic mass is 19.1. The Kier molecular flexibility index (Phi) is 9.53. The van der Waals surface area contributed by atoms with E-state index < -0.39 is 6.10 Å². The van der Waals surface area contributed by atoms with Gasteiger partial charge in [0.2, 0.25) is 0 Å². The number of piperidine rings is 1. The number of nitrogens with zero attached hydrogens (tertiary/aromatic N) is 5. The van der Waals surface area contributed by atoms with Gasteiger partial charge in [0.25, 0.3) is 0 Å². The standard InChI is InChI=1S/C35H41FN6O3.C2H6/c1-3-25-27(36)9-8-22-17-24(44)18-26(29(22)25)31-21(2)32-30(28(38-31)10-13-37)33(41-14-4-7-23(43)19-41)40-34(39-32)45-20-35-11-5-15-42(35)16-6-12-35;1-2/h8-10,13,17-18,23,43-44H,3-7,11-12,14-16,19-20,37H2,1-2H3;1-2H3/b13-10-;. The second kappa shape index (κ2) is 13.6. The lowest BCUT2D eigenvalue weighted by Crippen LogP contribution is -2.43. The predicted molar refractivity (Wildman–Crippen MR) is 186 cm³/mol. The number of aromatic nitrogens is 3. The fraction of sp³-hybridized carbons (Fsp3) is 0.486. The molecule has 250 valence electrons. The van der Waals surface area contributed by atoms with Crippen molar-refractivity contribution < 1.29 is 19.3 Å². The molecular weight excluding hydrogens is 595 g/mol. The summed E-state index contributed by atoms with van der Waals surface area (Å²) < 4.78 is 21.6. The molecule has 0 radical (unpaired) electrons. The number of hydrogen-bond donors (Lipinski definition) is 3. The van der Waals surface area contributed by atoms with Gasteiger partial charge in [0.05, 0.1) is 33.9 Å². The molecule has 47 heavy (non-hydrogen) atoms. The van der Waals surface area contributed by atoms with Crippen LogP contribution >= 0.6 is 0 Å². The number of benzene rings is 2. The minimum absolute atomic E-state index is 0.0206. The van der Waals surface area contributed by atoms with Gasteiger partial charge < -0.3 is 25.6 Å². The van der Waals surface area contributed by atoms with E-state index in [9.17, 15) is 10.2 Å². The molecule has 1 unspecified atom stereocenters. The minimum Gasteiger partial charge on any atom is -0.508 e. The van der Waals surface area contributed by atoms with Crippen LogP contribution in [0.3, 0.4) is 0 Å². The van der Waals surface area contributed by atoms with Gasteiger partial charge >= 0.3 is 6.01 Å². The third-order valence-electron chi connectivity index (χ3n) is 10.1. The average molecular weight is 643 g/mol. The zero-order valence-electron chi connectivity index (χ0n) is 28.0. The van der Waals surface area contributed by atoms with Gasteiger partial charge in [-0.15, -0.1) is 0 Å². The summed E-state index contributed by atoms with van der Waals surface area (Å²) >= 11 is 0. The minimum atomic E-state index is -0.472. The summed E-state index contributed by atoms with van der Waals surface area (Å²) in [7, 11) is 0. The molecule has 3 fully saturated rings. The van der Waals surface area contributed by atoms with Gasteiger partial charge in [-0.3, -0.25) is 4.90 Å². The van der Waals surface area contributed by atoms with Crippen LogP contribution in [0.4, 0.5) is 10.2 Å². The van der Waals surface area contributed by atoms with E-state index in [4.69, 9.17) is 25.4 Å². The molecule has 4 N–H and O–H groups in total. The number of rotatable bonds is 7. The molecule has 7 rings (SSSR count). The molecule has 1 atom stereocenters. The molecule has 10 heteroatoms. The Morgan fingerprint density at radius 3 is 2.53 bits per heavy atom. The van der Waals surface area contributed by atoms with E-state index >= 15 is 4.39 Å². The quantitative estimate of drug-likeness (QED) is 0.208. The van der Waals surface area contributed by atoms with Crippen molar-refractivity contribution >= 4 is 33.6 Å². The number of anilines is 1. The van der Waals surface area contributed by atoms with E-state index in [0.29, 0.717) is 64.2 Å². The lowest BCUT2D eigenvalue weighted by atomic mass is 9.92. The van der Waals surface area contributed by atoms with Gasteiger partial charge in [-0.2, -0.15) is 9.97 Å². The molecule has 3 aliphatic rings. The first kappa shape index (κ1) is 32.9. The number of phenols is 1. The molecule has 4 aromatic rings. The Hall–Kier alpha value is -4.02. The zero-order valence-corrected chi connectivity index (χ0v) is 28.0. The number of fused-ring (bicyclic) bond motifs is 3. The lowest BCUT2D eigenvalue weighted by molar-refractivity contribution is 0.107. The Morgan fingerprint density at radius 1 is 1.06 bits per heavy atom. The van der Waals surface area contributed by atoms with Crippen molar-refractivity contribution in [3.63, 3.8) is 0 Å². The summed E-state index contributed by atoms with van der Waals surface area (Å²) in [5.74, 6) is 0.418. The van der Waals surface area contributed by atoms with Crippen molar-refractivity contribution in [1.82, 2.24) is 19.9 Å². The van der Waals surface area contributed by atoms with Crippen LogP contribution in [-0.2, 0) is 6.42 Å². The van der Waals surface area contributed by atoms with Crippen LogP contribution in [0.5, 0.6) is 11.8 Å². The summed E-state index contributed by atoms with van der Waals surface area (Å²) in [4.78, 5) is 19.7. The van der Waals surface area contributed by atoms with E-state index in [1.807, 2.05) is 27.7 Å². The largest absolute Gasteiger partial charge is 0.508 e. The second-order valence-electron chi connectivity index (χ2n) is 12.8. The molecule has 0 spiro atoms. The SMILES string of the molecule is CC.CCc1c(F)ccc2cc(O)cc(-c3nc(/C=C\N)c4c(N5CCCC(O)C5)nc(OCC56CCCN5CCC6)nc4c3C)c12. The fourth-order valence-corrected chi connectivity index (χ4v) is 7.92. The third-order valence-corrected chi connectivity index (χ3v) is 10.1. The molecule has 0 aliphatic carbocycles. The summed E-state index contributed by atoms with van der Waals surface area (Å²) in [6.45, 7) is 11.7. The van der Waals surface area contributed by atoms with Gasteiger partial charge in [-0.25, -0.2) is 9.37 Å². The number of halogens is 1. The number of nitrogens with two attached hydrogens (primary N) is 1. The number of aromatic hydroxyl groups is 1. The van der Waals surface area contributed by atoms with Crippen LogP contribution in [0.2, 0.25) is 0 Å². The highest BCUT2D eigenvalue weighted by Crippen LogP contribution is 2.42. The third kappa shape index (κ3) is 5.97. The molecule has 0 bridgehead atoms. The summed E-state index contributed by atoms with van der Waals surface area (Å²) in [6.07, 6.45) is 9.26. The first-order valence-electron chi connectivity index (χ1n) is 17.2.